The van der Waals surface area contributed by atoms with Crippen molar-refractivity contribution in [2.45, 2.75) is 38.3 Å². The molecule has 0 aliphatic carbocycles. The Morgan fingerprint density at radius 1 is 1.21 bits per heavy atom. The maximum Gasteiger partial charge on any atom is 0.140 e. The maximum atomic E-state index is 11.0. The second-order valence-corrected chi connectivity index (χ2v) is 8.06. The molecule has 1 N–H and O–H groups in total. The predicted molar refractivity (Wildman–Crippen MR) is 108 cm³/mol. The molecule has 1 aliphatic heterocycles. The highest BCUT2D eigenvalue weighted by Gasteiger charge is 2.34. The molecular formula is C21H25ClN4O2. The van der Waals surface area contributed by atoms with Crippen molar-refractivity contribution < 1.29 is 9.63 Å². The van der Waals surface area contributed by atoms with Crippen LogP contribution >= 0.6 is 11.6 Å². The third-order valence-electron chi connectivity index (χ3n) is 5.57. The van der Waals surface area contributed by atoms with E-state index in [1.807, 2.05) is 50.4 Å². The third kappa shape index (κ3) is 3.99. The minimum atomic E-state index is -0.766. The van der Waals surface area contributed by atoms with Crippen molar-refractivity contribution in [3.05, 3.63) is 58.6 Å². The molecule has 6 nitrogen and oxygen atoms in total. The molecule has 1 saturated heterocycles. The van der Waals surface area contributed by atoms with Crippen LogP contribution in [0.25, 0.3) is 11.3 Å². The number of piperidine rings is 1. The van der Waals surface area contributed by atoms with E-state index in [9.17, 15) is 5.11 Å². The molecule has 148 valence electrons. The van der Waals surface area contributed by atoms with Crippen molar-refractivity contribution in [1.82, 2.24) is 19.8 Å². The van der Waals surface area contributed by atoms with Crippen LogP contribution in [0.4, 0.5) is 0 Å². The maximum absolute atomic E-state index is 11.0. The van der Waals surface area contributed by atoms with Gasteiger partial charge in [-0.15, -0.1) is 0 Å². The number of aromatic nitrogens is 3. The second kappa shape index (κ2) is 7.70. The molecule has 4 rings (SSSR count). The topological polar surface area (TPSA) is 67.3 Å². The first-order valence-corrected chi connectivity index (χ1v) is 9.95. The zero-order chi connectivity index (χ0) is 19.7. The molecule has 0 unspecified atom stereocenters. The molecule has 1 aliphatic rings. The van der Waals surface area contributed by atoms with Gasteiger partial charge in [-0.3, -0.25) is 9.58 Å². The summed E-state index contributed by atoms with van der Waals surface area (Å²) in [6.45, 7) is 4.35. The van der Waals surface area contributed by atoms with Crippen LogP contribution in [0, 0.1) is 6.92 Å². The molecule has 7 heteroatoms. The van der Waals surface area contributed by atoms with Gasteiger partial charge in [0.1, 0.15) is 16.6 Å². The highest BCUT2D eigenvalue weighted by molar-refractivity contribution is 6.30. The lowest BCUT2D eigenvalue weighted by Gasteiger charge is -2.37. The predicted octanol–water partition coefficient (Wildman–Crippen LogP) is 3.61. The summed E-state index contributed by atoms with van der Waals surface area (Å²) in [5.41, 5.74) is 3.08. The highest BCUT2D eigenvalue weighted by Crippen LogP contribution is 2.30. The van der Waals surface area contributed by atoms with Crippen LogP contribution in [-0.4, -0.2) is 43.6 Å². The van der Waals surface area contributed by atoms with Crippen molar-refractivity contribution >= 4 is 11.6 Å². The monoisotopic (exact) mass is 400 g/mol. The number of aryl methyl sites for hydroxylation is 2. The van der Waals surface area contributed by atoms with Gasteiger partial charge >= 0.3 is 0 Å². The summed E-state index contributed by atoms with van der Waals surface area (Å²) in [5.74, 6) is 0.723. The van der Waals surface area contributed by atoms with Crippen LogP contribution in [0.2, 0.25) is 5.15 Å². The lowest BCUT2D eigenvalue weighted by atomic mass is 9.87. The minimum Gasteiger partial charge on any atom is -0.389 e. The van der Waals surface area contributed by atoms with Crippen LogP contribution in [0.3, 0.4) is 0 Å². The summed E-state index contributed by atoms with van der Waals surface area (Å²) in [7, 11) is 1.86. The van der Waals surface area contributed by atoms with E-state index in [0.29, 0.717) is 24.4 Å². The fraction of sp³-hybridized carbons (Fsp3) is 0.429. The van der Waals surface area contributed by atoms with Crippen molar-refractivity contribution in [2.75, 3.05) is 13.1 Å². The SMILES string of the molecule is Cc1nn(C)c(Cl)c1CN1CCC(O)(Cc2cc(-c3ccccc3)no2)CC1. The number of halogens is 1. The molecule has 0 saturated carbocycles. The van der Waals surface area contributed by atoms with Crippen molar-refractivity contribution in [3.8, 4) is 11.3 Å². The van der Waals surface area contributed by atoms with E-state index in [1.165, 1.54) is 0 Å². The van der Waals surface area contributed by atoms with Crippen molar-refractivity contribution in [1.29, 1.82) is 0 Å². The average molecular weight is 401 g/mol. The van der Waals surface area contributed by atoms with Crippen molar-refractivity contribution in [2.24, 2.45) is 7.05 Å². The molecule has 1 fully saturated rings. The van der Waals surface area contributed by atoms with Gasteiger partial charge in [0, 0.05) is 50.3 Å². The van der Waals surface area contributed by atoms with E-state index in [0.717, 1.165) is 47.9 Å². The van der Waals surface area contributed by atoms with Gasteiger partial charge in [0.2, 0.25) is 0 Å². The van der Waals surface area contributed by atoms with Gasteiger partial charge < -0.3 is 9.63 Å². The second-order valence-electron chi connectivity index (χ2n) is 7.70. The lowest BCUT2D eigenvalue weighted by molar-refractivity contribution is -0.0265. The first-order chi connectivity index (χ1) is 13.4. The quantitative estimate of drug-likeness (QED) is 0.708. The third-order valence-corrected chi connectivity index (χ3v) is 6.04. The molecule has 0 radical (unpaired) electrons. The number of benzene rings is 1. The Morgan fingerprint density at radius 3 is 2.57 bits per heavy atom. The molecular weight excluding hydrogens is 376 g/mol. The molecule has 0 atom stereocenters. The number of hydrogen-bond donors (Lipinski definition) is 1. The molecule has 2 aromatic heterocycles. The van der Waals surface area contributed by atoms with E-state index < -0.39 is 5.60 Å². The van der Waals surface area contributed by atoms with Gasteiger partial charge in [0.05, 0.1) is 11.3 Å². The summed E-state index contributed by atoms with van der Waals surface area (Å²) in [6, 6.07) is 11.9. The van der Waals surface area contributed by atoms with Crippen LogP contribution in [0.1, 0.15) is 29.9 Å². The van der Waals surface area contributed by atoms with Gasteiger partial charge in [-0.1, -0.05) is 47.1 Å². The van der Waals surface area contributed by atoms with Gasteiger partial charge in [-0.2, -0.15) is 5.10 Å². The Hall–Kier alpha value is -2.15. The normalized spacial score (nSPS) is 17.1. The molecule has 1 aromatic carbocycles. The number of rotatable bonds is 5. The largest absolute Gasteiger partial charge is 0.389 e. The summed E-state index contributed by atoms with van der Waals surface area (Å²) >= 11 is 6.35. The fourth-order valence-electron chi connectivity index (χ4n) is 3.85. The molecule has 28 heavy (non-hydrogen) atoms. The summed E-state index contributed by atoms with van der Waals surface area (Å²) in [5, 5.41) is 20.3. The number of nitrogens with zero attached hydrogens (tertiary/aromatic N) is 4. The van der Waals surface area contributed by atoms with E-state index >= 15 is 0 Å². The Labute approximate surface area is 169 Å². The van der Waals surface area contributed by atoms with Gasteiger partial charge in [-0.25, -0.2) is 0 Å². The summed E-state index contributed by atoms with van der Waals surface area (Å²) < 4.78 is 7.20. The Kier molecular flexibility index (Phi) is 5.27. The van der Waals surface area contributed by atoms with Crippen LogP contribution in [0.15, 0.2) is 40.9 Å². The zero-order valence-electron chi connectivity index (χ0n) is 16.2. The molecule has 3 heterocycles. The van der Waals surface area contributed by atoms with E-state index in [2.05, 4.69) is 15.2 Å². The van der Waals surface area contributed by atoms with Gasteiger partial charge in [0.25, 0.3) is 0 Å². The minimum absolute atomic E-state index is 0.480. The van der Waals surface area contributed by atoms with E-state index in [4.69, 9.17) is 16.1 Å². The molecule has 0 spiro atoms. The molecule has 0 amide bonds. The standard InChI is InChI=1S/C21H25ClN4O2/c1-15-18(20(22)25(2)23-15)14-26-10-8-21(27,9-11-26)13-17-12-19(24-28-17)16-6-4-3-5-7-16/h3-7,12,27H,8-11,13-14H2,1-2H3. The Morgan fingerprint density at radius 2 is 1.93 bits per heavy atom. The number of hydrogen-bond acceptors (Lipinski definition) is 5. The van der Waals surface area contributed by atoms with E-state index in [1.54, 1.807) is 4.68 Å². The fourth-order valence-corrected chi connectivity index (χ4v) is 4.08. The summed E-state index contributed by atoms with van der Waals surface area (Å²) in [6.07, 6.45) is 1.85. The first kappa shape index (κ1) is 19.2. The van der Waals surface area contributed by atoms with Gasteiger partial charge in [0.15, 0.2) is 0 Å². The van der Waals surface area contributed by atoms with Crippen LogP contribution < -0.4 is 0 Å². The first-order valence-electron chi connectivity index (χ1n) is 9.57. The zero-order valence-corrected chi connectivity index (χ0v) is 17.0. The highest BCUT2D eigenvalue weighted by atomic mass is 35.5. The van der Waals surface area contributed by atoms with Crippen LogP contribution in [-0.2, 0) is 20.0 Å². The summed E-state index contributed by atoms with van der Waals surface area (Å²) in [4.78, 5) is 2.32. The van der Waals surface area contributed by atoms with E-state index in [-0.39, 0.29) is 0 Å². The molecule has 0 bridgehead atoms. The average Bonchev–Trinajstić information content (AvgIpc) is 3.24. The van der Waals surface area contributed by atoms with Gasteiger partial charge in [-0.05, 0) is 19.8 Å². The Balaban J connectivity index is 1.37. The number of likely N-dealkylation sites (tertiary alicyclic amines) is 1. The lowest BCUT2D eigenvalue weighted by Crippen LogP contribution is -2.45. The van der Waals surface area contributed by atoms with Crippen LogP contribution in [0.5, 0.6) is 0 Å². The van der Waals surface area contributed by atoms with Crippen molar-refractivity contribution in [3.63, 3.8) is 0 Å². The smallest absolute Gasteiger partial charge is 0.140 e. The Bertz CT molecular complexity index is 943. The number of aliphatic hydroxyl groups is 1. The molecule has 3 aromatic rings.